The van der Waals surface area contributed by atoms with Crippen molar-refractivity contribution in [3.8, 4) is 22.6 Å². The van der Waals surface area contributed by atoms with Crippen LogP contribution in [0, 0.1) is 6.92 Å². The smallest absolute Gasteiger partial charge is 0.227 e. The summed E-state index contributed by atoms with van der Waals surface area (Å²) >= 11 is 0. The largest absolute Gasteiger partial charge is 0.490 e. The lowest BCUT2D eigenvalue weighted by molar-refractivity contribution is -0.129. The summed E-state index contributed by atoms with van der Waals surface area (Å²) < 4.78 is 11.5. The van der Waals surface area contributed by atoms with Crippen molar-refractivity contribution in [1.29, 1.82) is 0 Å². The van der Waals surface area contributed by atoms with Crippen molar-refractivity contribution < 1.29 is 14.3 Å². The molecule has 0 saturated carbocycles. The van der Waals surface area contributed by atoms with Crippen LogP contribution >= 0.6 is 0 Å². The fourth-order valence-corrected chi connectivity index (χ4v) is 4.48. The summed E-state index contributed by atoms with van der Waals surface area (Å²) in [6, 6.07) is 13.7. The molecule has 170 valence electrons. The molecule has 3 aromatic rings. The maximum Gasteiger partial charge on any atom is 0.227 e. The predicted molar refractivity (Wildman–Crippen MR) is 126 cm³/mol. The zero-order valence-corrected chi connectivity index (χ0v) is 18.8. The average Bonchev–Trinajstić information content (AvgIpc) is 3.19. The topological polar surface area (TPSA) is 90.6 Å². The summed E-state index contributed by atoms with van der Waals surface area (Å²) in [4.78, 5) is 24.0. The molecular formula is C26H28N4O3. The van der Waals surface area contributed by atoms with Crippen LogP contribution in [0.15, 0.2) is 48.7 Å². The number of hydrogen-bond donors (Lipinski definition) is 1. The molecule has 1 atom stereocenters. The van der Waals surface area contributed by atoms with Crippen LogP contribution in [0.1, 0.15) is 35.7 Å². The molecule has 1 saturated heterocycles. The van der Waals surface area contributed by atoms with Crippen LogP contribution in [0.2, 0.25) is 0 Å². The number of carbonyl (C=O) groups excluding carboxylic acids is 1. The number of aryl methyl sites for hydroxylation is 1. The Hall–Kier alpha value is -3.61. The highest BCUT2D eigenvalue weighted by Gasteiger charge is 2.29. The van der Waals surface area contributed by atoms with Crippen molar-refractivity contribution in [3.63, 3.8) is 0 Å². The van der Waals surface area contributed by atoms with Crippen LogP contribution in [-0.4, -0.2) is 47.1 Å². The number of hydrogen-bond acceptors (Lipinski definition) is 6. The molecule has 2 aliphatic rings. The fraction of sp³-hybridized carbons (Fsp3) is 0.346. The number of nitrogen functional groups attached to an aromatic ring is 1. The van der Waals surface area contributed by atoms with Crippen molar-refractivity contribution >= 4 is 11.7 Å². The van der Waals surface area contributed by atoms with E-state index in [1.54, 1.807) is 12.3 Å². The van der Waals surface area contributed by atoms with Crippen molar-refractivity contribution in [1.82, 2.24) is 14.9 Å². The van der Waals surface area contributed by atoms with Crippen LogP contribution in [0.4, 0.5) is 5.82 Å². The van der Waals surface area contributed by atoms with Gasteiger partial charge in [-0.2, -0.15) is 0 Å². The maximum atomic E-state index is 13.0. The van der Waals surface area contributed by atoms with E-state index >= 15 is 0 Å². The summed E-state index contributed by atoms with van der Waals surface area (Å²) in [6.07, 6.45) is 3.91. The van der Waals surface area contributed by atoms with Gasteiger partial charge in [0, 0.05) is 48.6 Å². The number of carbonyl (C=O) groups is 1. The quantitative estimate of drug-likeness (QED) is 0.659. The van der Waals surface area contributed by atoms with Gasteiger partial charge in [0.2, 0.25) is 5.91 Å². The Morgan fingerprint density at radius 1 is 1.09 bits per heavy atom. The van der Waals surface area contributed by atoms with Gasteiger partial charge in [-0.25, -0.2) is 4.98 Å². The first kappa shape index (κ1) is 21.2. The second-order valence-electron chi connectivity index (χ2n) is 8.73. The molecule has 7 heteroatoms. The number of nitrogens with two attached hydrogens (primary N) is 1. The molecule has 2 N–H and O–H groups in total. The molecule has 33 heavy (non-hydrogen) atoms. The van der Waals surface area contributed by atoms with Crippen LogP contribution in [-0.2, 0) is 11.2 Å². The number of fused-ring (bicyclic) bond motifs is 1. The van der Waals surface area contributed by atoms with Gasteiger partial charge < -0.3 is 20.1 Å². The molecule has 0 spiro atoms. The third-order valence-corrected chi connectivity index (χ3v) is 6.22. The minimum absolute atomic E-state index is 0.127. The molecule has 4 heterocycles. The number of aromatic nitrogens is 2. The third-order valence-electron chi connectivity index (χ3n) is 6.22. The second-order valence-corrected chi connectivity index (χ2v) is 8.73. The van der Waals surface area contributed by atoms with Crippen molar-refractivity contribution in [3.05, 3.63) is 65.6 Å². The van der Waals surface area contributed by atoms with E-state index in [2.05, 4.69) is 17.1 Å². The predicted octanol–water partition coefficient (Wildman–Crippen LogP) is 3.75. The standard InChI is InChI=1S/C26H28N4O3/c1-17-11-21(19-4-6-25(27)28-15-19)14-22(29-17)20-7-8-30(16-20)26(31)13-18-3-5-23-24(12-18)33-10-2-9-32-23/h3-6,11-12,14-15,20H,2,7-10,13,16H2,1H3,(H2,27,28)/t20-/m1/s1. The average molecular weight is 445 g/mol. The van der Waals surface area contributed by atoms with Gasteiger partial charge >= 0.3 is 0 Å². The first-order valence-corrected chi connectivity index (χ1v) is 11.4. The fourth-order valence-electron chi connectivity index (χ4n) is 4.48. The summed E-state index contributed by atoms with van der Waals surface area (Å²) in [6.45, 7) is 4.71. The normalized spacial score (nSPS) is 17.6. The molecule has 1 aromatic carbocycles. The Labute approximate surface area is 193 Å². The molecule has 1 amide bonds. The van der Waals surface area contributed by atoms with E-state index in [1.807, 2.05) is 36.1 Å². The van der Waals surface area contributed by atoms with Gasteiger partial charge in [-0.05, 0) is 60.9 Å². The maximum absolute atomic E-state index is 13.0. The van der Waals surface area contributed by atoms with E-state index in [0.29, 0.717) is 32.0 Å². The van der Waals surface area contributed by atoms with Crippen LogP contribution < -0.4 is 15.2 Å². The van der Waals surface area contributed by atoms with Gasteiger partial charge in [-0.3, -0.25) is 9.78 Å². The van der Waals surface area contributed by atoms with E-state index in [0.717, 1.165) is 59.0 Å². The van der Waals surface area contributed by atoms with Crippen molar-refractivity contribution in [2.24, 2.45) is 0 Å². The van der Waals surface area contributed by atoms with Gasteiger partial charge in [-0.1, -0.05) is 6.07 Å². The van der Waals surface area contributed by atoms with E-state index in [-0.39, 0.29) is 11.8 Å². The Bertz CT molecular complexity index is 1160. The van der Waals surface area contributed by atoms with Gasteiger partial charge in [0.25, 0.3) is 0 Å². The first-order chi connectivity index (χ1) is 16.0. The van der Waals surface area contributed by atoms with Crippen LogP contribution in [0.3, 0.4) is 0 Å². The number of rotatable bonds is 4. The van der Waals surface area contributed by atoms with E-state index < -0.39 is 0 Å². The summed E-state index contributed by atoms with van der Waals surface area (Å²) in [5.41, 5.74) is 10.7. The molecule has 1 fully saturated rings. The minimum Gasteiger partial charge on any atom is -0.490 e. The number of likely N-dealkylation sites (tertiary alicyclic amines) is 1. The molecule has 2 aliphatic heterocycles. The highest BCUT2D eigenvalue weighted by atomic mass is 16.5. The van der Waals surface area contributed by atoms with E-state index in [1.165, 1.54) is 0 Å². The molecule has 2 aromatic heterocycles. The Balaban J connectivity index is 1.27. The van der Waals surface area contributed by atoms with Gasteiger partial charge in [0.05, 0.1) is 19.6 Å². The Kier molecular flexibility index (Phi) is 5.86. The van der Waals surface area contributed by atoms with E-state index in [4.69, 9.17) is 20.2 Å². The molecule has 0 bridgehead atoms. The summed E-state index contributed by atoms with van der Waals surface area (Å²) in [5.74, 6) is 2.33. The van der Waals surface area contributed by atoms with E-state index in [9.17, 15) is 4.79 Å². The summed E-state index contributed by atoms with van der Waals surface area (Å²) in [7, 11) is 0. The monoisotopic (exact) mass is 444 g/mol. The molecule has 7 nitrogen and oxygen atoms in total. The third kappa shape index (κ3) is 4.77. The van der Waals surface area contributed by atoms with Crippen molar-refractivity contribution in [2.75, 3.05) is 32.0 Å². The highest BCUT2D eigenvalue weighted by Crippen LogP contribution is 2.32. The molecule has 0 unspecified atom stereocenters. The number of benzene rings is 1. The first-order valence-electron chi connectivity index (χ1n) is 11.4. The zero-order valence-electron chi connectivity index (χ0n) is 18.8. The highest BCUT2D eigenvalue weighted by molar-refractivity contribution is 5.79. The van der Waals surface area contributed by atoms with Crippen LogP contribution in [0.5, 0.6) is 11.5 Å². The lowest BCUT2D eigenvalue weighted by Crippen LogP contribution is -2.30. The second kappa shape index (κ2) is 9.10. The summed E-state index contributed by atoms with van der Waals surface area (Å²) in [5, 5.41) is 0. The van der Waals surface area contributed by atoms with Crippen molar-refractivity contribution in [2.45, 2.75) is 32.1 Å². The number of amides is 1. The molecule has 5 rings (SSSR count). The molecule has 0 radical (unpaired) electrons. The number of ether oxygens (including phenoxy) is 2. The number of pyridine rings is 2. The SMILES string of the molecule is Cc1cc(-c2ccc(N)nc2)cc([C@@H]2CCN(C(=O)Cc3ccc4c(c3)OCCCO4)C2)n1. The van der Waals surface area contributed by atoms with Crippen LogP contribution in [0.25, 0.3) is 11.1 Å². The van der Waals surface area contributed by atoms with Gasteiger partial charge in [0.1, 0.15) is 5.82 Å². The molecular weight excluding hydrogens is 416 g/mol. The Morgan fingerprint density at radius 2 is 1.94 bits per heavy atom. The zero-order chi connectivity index (χ0) is 22.8. The van der Waals surface area contributed by atoms with Gasteiger partial charge in [0.15, 0.2) is 11.5 Å². The van der Waals surface area contributed by atoms with Gasteiger partial charge in [-0.15, -0.1) is 0 Å². The molecule has 0 aliphatic carbocycles. The number of nitrogens with zero attached hydrogens (tertiary/aromatic N) is 3. The Morgan fingerprint density at radius 3 is 2.76 bits per heavy atom. The number of anilines is 1. The minimum atomic E-state index is 0.127. The lowest BCUT2D eigenvalue weighted by Gasteiger charge is -2.18. The lowest BCUT2D eigenvalue weighted by atomic mass is 9.99.